The van der Waals surface area contributed by atoms with E-state index in [0.717, 1.165) is 37.2 Å². The average molecular weight is 439 g/mol. The van der Waals surface area contributed by atoms with E-state index in [9.17, 15) is 8.42 Å². The van der Waals surface area contributed by atoms with E-state index < -0.39 is 10.0 Å². The highest BCUT2D eigenvalue weighted by molar-refractivity contribution is 9.10. The van der Waals surface area contributed by atoms with Crippen LogP contribution in [0.5, 0.6) is 5.75 Å². The Morgan fingerprint density at radius 3 is 2.38 bits per heavy atom. The quantitative estimate of drug-likeness (QED) is 0.717. The first kappa shape index (κ1) is 19.4. The van der Waals surface area contributed by atoms with Gasteiger partial charge in [-0.1, -0.05) is 24.3 Å². The van der Waals surface area contributed by atoms with Crippen molar-refractivity contribution in [1.82, 2.24) is 9.62 Å². The number of sulfonamides is 1. The maximum Gasteiger partial charge on any atom is 0.241 e. The Balaban J connectivity index is 1.80. The minimum atomic E-state index is -3.58. The number of nitrogens with one attached hydrogen (secondary N) is 1. The van der Waals surface area contributed by atoms with Crippen molar-refractivity contribution in [2.75, 3.05) is 26.7 Å². The number of rotatable bonds is 7. The number of ether oxygens (including phenoxy) is 1. The molecule has 26 heavy (non-hydrogen) atoms. The van der Waals surface area contributed by atoms with Crippen molar-refractivity contribution in [1.29, 1.82) is 0 Å². The number of benzene rings is 2. The number of hydrogen-bond acceptors (Lipinski definition) is 4. The molecule has 1 aliphatic rings. The van der Waals surface area contributed by atoms with Crippen LogP contribution in [0.2, 0.25) is 0 Å². The topological polar surface area (TPSA) is 58.6 Å². The molecular formula is C19H23BrN2O3S. The lowest BCUT2D eigenvalue weighted by molar-refractivity contribution is 0.246. The number of methoxy groups -OCH3 is 1. The van der Waals surface area contributed by atoms with Gasteiger partial charge in [0.05, 0.1) is 12.0 Å². The molecular weight excluding hydrogens is 416 g/mol. The van der Waals surface area contributed by atoms with Gasteiger partial charge in [0, 0.05) is 17.1 Å². The third kappa shape index (κ3) is 4.46. The number of nitrogens with zero attached hydrogens (tertiary/aromatic N) is 1. The molecule has 1 aliphatic heterocycles. The molecule has 0 saturated carbocycles. The molecule has 0 unspecified atom stereocenters. The van der Waals surface area contributed by atoms with Crippen molar-refractivity contribution in [3.05, 3.63) is 58.6 Å². The summed E-state index contributed by atoms with van der Waals surface area (Å²) in [7, 11) is -1.95. The Morgan fingerprint density at radius 1 is 1.12 bits per heavy atom. The minimum Gasteiger partial charge on any atom is -0.497 e. The van der Waals surface area contributed by atoms with Gasteiger partial charge in [-0.25, -0.2) is 13.1 Å². The van der Waals surface area contributed by atoms with Crippen molar-refractivity contribution in [3.8, 4) is 5.75 Å². The van der Waals surface area contributed by atoms with E-state index >= 15 is 0 Å². The molecule has 1 fully saturated rings. The molecule has 0 aromatic heterocycles. The Morgan fingerprint density at radius 2 is 1.77 bits per heavy atom. The van der Waals surface area contributed by atoms with E-state index in [1.807, 2.05) is 24.3 Å². The summed E-state index contributed by atoms with van der Waals surface area (Å²) < 4.78 is 34.0. The number of hydrogen-bond donors (Lipinski definition) is 1. The molecule has 140 valence electrons. The summed E-state index contributed by atoms with van der Waals surface area (Å²) in [4.78, 5) is 2.60. The van der Waals surface area contributed by atoms with Crippen LogP contribution in [0.3, 0.4) is 0 Å². The van der Waals surface area contributed by atoms with Crippen LogP contribution in [0.1, 0.15) is 24.4 Å². The fourth-order valence-corrected chi connectivity index (χ4v) is 5.31. The van der Waals surface area contributed by atoms with Crippen LogP contribution in [-0.4, -0.2) is 40.1 Å². The van der Waals surface area contributed by atoms with Crippen LogP contribution in [0.25, 0.3) is 0 Å². The maximum absolute atomic E-state index is 12.7. The van der Waals surface area contributed by atoms with Crippen molar-refractivity contribution < 1.29 is 13.2 Å². The van der Waals surface area contributed by atoms with E-state index in [0.29, 0.717) is 11.0 Å². The smallest absolute Gasteiger partial charge is 0.241 e. The summed E-state index contributed by atoms with van der Waals surface area (Å²) in [6.07, 6.45) is 2.28. The molecule has 3 rings (SSSR count). The SMILES string of the molecule is COc1ccc([C@H](CNS(=O)(=O)c2ccccc2Br)N2CCCC2)cc1. The Hall–Kier alpha value is -1.41. The van der Waals surface area contributed by atoms with Crippen molar-refractivity contribution in [2.45, 2.75) is 23.8 Å². The van der Waals surface area contributed by atoms with Gasteiger partial charge in [0.25, 0.3) is 0 Å². The van der Waals surface area contributed by atoms with Crippen molar-refractivity contribution in [3.63, 3.8) is 0 Å². The monoisotopic (exact) mass is 438 g/mol. The normalized spacial score (nSPS) is 16.5. The maximum atomic E-state index is 12.7. The van der Waals surface area contributed by atoms with Crippen molar-refractivity contribution in [2.24, 2.45) is 0 Å². The minimum absolute atomic E-state index is 0.000619. The van der Waals surface area contributed by atoms with E-state index in [1.54, 1.807) is 31.4 Å². The largest absolute Gasteiger partial charge is 0.497 e. The predicted octanol–water partition coefficient (Wildman–Crippen LogP) is 3.57. The Kier molecular flexibility index (Phi) is 6.34. The highest BCUT2D eigenvalue weighted by atomic mass is 79.9. The molecule has 0 radical (unpaired) electrons. The third-order valence-corrected chi connectivity index (χ3v) is 7.11. The second-order valence-corrected chi connectivity index (χ2v) is 8.90. The lowest BCUT2D eigenvalue weighted by atomic mass is 10.1. The molecule has 0 amide bonds. The standard InChI is InChI=1S/C19H23BrN2O3S/c1-25-16-10-8-15(9-11-16)18(22-12-4-5-13-22)14-21-26(23,24)19-7-3-2-6-17(19)20/h2-3,6-11,18,21H,4-5,12-14H2,1H3/t18-/m0/s1. The summed E-state index contributed by atoms with van der Waals surface area (Å²) >= 11 is 3.32. The zero-order valence-corrected chi connectivity index (χ0v) is 17.1. The summed E-state index contributed by atoms with van der Waals surface area (Å²) in [5.74, 6) is 0.794. The second kappa shape index (κ2) is 8.52. The molecule has 2 aromatic carbocycles. The molecule has 0 aliphatic carbocycles. The molecule has 1 atom stereocenters. The van der Waals surface area contributed by atoms with Gasteiger partial charge >= 0.3 is 0 Å². The first-order chi connectivity index (χ1) is 12.5. The van der Waals surface area contributed by atoms with E-state index in [-0.39, 0.29) is 10.9 Å². The molecule has 2 aromatic rings. The summed E-state index contributed by atoms with van der Waals surface area (Å²) in [5, 5.41) is 0. The third-order valence-electron chi connectivity index (χ3n) is 4.67. The van der Waals surface area contributed by atoms with Crippen LogP contribution in [0, 0.1) is 0 Å². The highest BCUT2D eigenvalue weighted by Gasteiger charge is 2.26. The lowest BCUT2D eigenvalue weighted by Crippen LogP contribution is -2.36. The summed E-state index contributed by atoms with van der Waals surface area (Å²) in [6.45, 7) is 2.29. The van der Waals surface area contributed by atoms with Gasteiger partial charge < -0.3 is 4.74 Å². The van der Waals surface area contributed by atoms with E-state index in [4.69, 9.17) is 4.74 Å². The van der Waals surface area contributed by atoms with Gasteiger partial charge in [0.2, 0.25) is 10.0 Å². The van der Waals surface area contributed by atoms with Crippen LogP contribution in [0.4, 0.5) is 0 Å². The lowest BCUT2D eigenvalue weighted by Gasteiger charge is -2.28. The number of likely N-dealkylation sites (tertiary alicyclic amines) is 1. The fraction of sp³-hybridized carbons (Fsp3) is 0.368. The number of halogens is 1. The molecule has 1 heterocycles. The average Bonchev–Trinajstić information content (AvgIpc) is 3.17. The van der Waals surface area contributed by atoms with Gasteiger partial charge in [0.15, 0.2) is 0 Å². The molecule has 1 saturated heterocycles. The van der Waals surface area contributed by atoms with Gasteiger partial charge in [-0.15, -0.1) is 0 Å². The summed E-state index contributed by atoms with van der Waals surface area (Å²) in [5.41, 5.74) is 1.09. The van der Waals surface area contributed by atoms with Gasteiger partial charge in [-0.05, 0) is 71.7 Å². The Labute approximate surface area is 163 Å². The first-order valence-corrected chi connectivity index (χ1v) is 10.9. The fourth-order valence-electron chi connectivity index (χ4n) is 3.27. The second-order valence-electron chi connectivity index (χ2n) is 6.31. The molecule has 7 heteroatoms. The van der Waals surface area contributed by atoms with Gasteiger partial charge in [-0.3, -0.25) is 4.90 Å². The molecule has 0 spiro atoms. The molecule has 1 N–H and O–H groups in total. The van der Waals surface area contributed by atoms with Crippen LogP contribution in [0.15, 0.2) is 57.9 Å². The van der Waals surface area contributed by atoms with E-state index in [2.05, 4.69) is 25.6 Å². The van der Waals surface area contributed by atoms with Gasteiger partial charge in [-0.2, -0.15) is 0 Å². The summed E-state index contributed by atoms with van der Waals surface area (Å²) in [6, 6.07) is 14.7. The van der Waals surface area contributed by atoms with Crippen LogP contribution in [-0.2, 0) is 10.0 Å². The first-order valence-electron chi connectivity index (χ1n) is 8.63. The van der Waals surface area contributed by atoms with E-state index in [1.165, 1.54) is 0 Å². The zero-order chi connectivity index (χ0) is 18.6. The van der Waals surface area contributed by atoms with Crippen LogP contribution < -0.4 is 9.46 Å². The molecule has 0 bridgehead atoms. The van der Waals surface area contributed by atoms with Crippen LogP contribution >= 0.6 is 15.9 Å². The Bertz CT molecular complexity index is 834. The predicted molar refractivity (Wildman–Crippen MR) is 106 cm³/mol. The zero-order valence-electron chi connectivity index (χ0n) is 14.7. The van der Waals surface area contributed by atoms with Crippen molar-refractivity contribution >= 4 is 26.0 Å². The van der Waals surface area contributed by atoms with Gasteiger partial charge in [0.1, 0.15) is 5.75 Å². The highest BCUT2D eigenvalue weighted by Crippen LogP contribution is 2.27. The molecule has 5 nitrogen and oxygen atoms in total.